The molecule has 0 aromatic carbocycles. The van der Waals surface area contributed by atoms with Crippen molar-refractivity contribution in [3.63, 3.8) is 0 Å². The lowest BCUT2D eigenvalue weighted by Crippen LogP contribution is -1.96. The molecule has 0 radical (unpaired) electrons. The van der Waals surface area contributed by atoms with Crippen LogP contribution in [0, 0.1) is 0 Å². The van der Waals surface area contributed by atoms with Crippen LogP contribution in [-0.4, -0.2) is 32.6 Å². The lowest BCUT2D eigenvalue weighted by molar-refractivity contribution is 0.283. The smallest absolute Gasteiger partial charge is 0.0964 e. The van der Waals surface area contributed by atoms with E-state index < -0.39 is 0 Å². The Balaban J connectivity index is 2.91. The maximum Gasteiger partial charge on any atom is 0.0964 e. The van der Waals surface area contributed by atoms with Crippen LogP contribution < -0.4 is 0 Å². The zero-order valence-electron chi connectivity index (χ0n) is 7.69. The predicted octanol–water partition coefficient (Wildman–Crippen LogP) is 1.91. The topological polar surface area (TPSA) is 40.5 Å². The molecule has 12 heavy (non-hydrogen) atoms. The van der Waals surface area contributed by atoms with Crippen LogP contribution in [0.25, 0.3) is 0 Å². The van der Waals surface area contributed by atoms with Gasteiger partial charge in [-0.3, -0.25) is 0 Å². The van der Waals surface area contributed by atoms with Gasteiger partial charge in [-0.2, -0.15) is 0 Å². The summed E-state index contributed by atoms with van der Waals surface area (Å²) >= 11 is 3.15. The van der Waals surface area contributed by atoms with Crippen molar-refractivity contribution in [1.82, 2.24) is 0 Å². The van der Waals surface area contributed by atoms with E-state index in [9.17, 15) is 0 Å². The van der Waals surface area contributed by atoms with E-state index in [0.717, 1.165) is 24.3 Å². The third-order valence-corrected chi connectivity index (χ3v) is 3.27. The van der Waals surface area contributed by atoms with Gasteiger partial charge in [0.2, 0.25) is 0 Å². The van der Waals surface area contributed by atoms with Crippen molar-refractivity contribution < 1.29 is 10.2 Å². The minimum Gasteiger partial charge on any atom is -0.383 e. The molecule has 2 nitrogen and oxygen atoms in total. The molecule has 0 aliphatic heterocycles. The number of rotatable bonds is 7. The van der Waals surface area contributed by atoms with E-state index in [1.54, 1.807) is 37.4 Å². The number of aliphatic hydroxyl groups excluding tert-OH is 2. The Morgan fingerprint density at radius 3 is 1.50 bits per heavy atom. The molecule has 0 bridgehead atoms. The predicted molar refractivity (Wildman–Crippen MR) is 57.5 cm³/mol. The van der Waals surface area contributed by atoms with Gasteiger partial charge in [-0.1, -0.05) is 0 Å². The van der Waals surface area contributed by atoms with Crippen LogP contribution in [0.1, 0.15) is 26.7 Å². The number of unbranched alkanes of at least 4 members (excludes halogenated alkanes) is 1. The van der Waals surface area contributed by atoms with Gasteiger partial charge >= 0.3 is 0 Å². The standard InChI is InChI=1S/C8H18O2S2/c1-7(9)11-5-3-4-6-12-8(2)10/h7-10H,3-6H2,1-2H3. The fraction of sp³-hybridized carbons (Fsp3) is 1.00. The SMILES string of the molecule is CC(O)SCCCCSC(C)O. The fourth-order valence-electron chi connectivity index (χ4n) is 0.712. The molecular formula is C8H18O2S2. The monoisotopic (exact) mass is 210 g/mol. The van der Waals surface area contributed by atoms with Crippen molar-refractivity contribution in [3.05, 3.63) is 0 Å². The molecule has 0 heterocycles. The van der Waals surface area contributed by atoms with Crippen LogP contribution in [0.3, 0.4) is 0 Å². The molecule has 74 valence electrons. The highest BCUT2D eigenvalue weighted by atomic mass is 32.2. The largest absolute Gasteiger partial charge is 0.383 e. The van der Waals surface area contributed by atoms with Gasteiger partial charge < -0.3 is 10.2 Å². The van der Waals surface area contributed by atoms with Gasteiger partial charge in [-0.15, -0.1) is 23.5 Å². The number of aliphatic hydroxyl groups is 2. The van der Waals surface area contributed by atoms with E-state index in [1.165, 1.54) is 0 Å². The molecule has 0 aliphatic rings. The number of hydrogen-bond acceptors (Lipinski definition) is 4. The lowest BCUT2D eigenvalue weighted by atomic mass is 10.4. The summed E-state index contributed by atoms with van der Waals surface area (Å²) in [5.74, 6) is 2.02. The summed E-state index contributed by atoms with van der Waals surface area (Å²) < 4.78 is 0. The van der Waals surface area contributed by atoms with Gasteiger partial charge in [0.15, 0.2) is 0 Å². The molecule has 0 fully saturated rings. The van der Waals surface area contributed by atoms with Gasteiger partial charge in [0.1, 0.15) is 0 Å². The van der Waals surface area contributed by atoms with E-state index in [4.69, 9.17) is 10.2 Å². The first-order chi connectivity index (χ1) is 5.63. The van der Waals surface area contributed by atoms with Crippen molar-refractivity contribution in [1.29, 1.82) is 0 Å². The second-order valence-electron chi connectivity index (χ2n) is 2.65. The maximum absolute atomic E-state index is 8.91. The van der Waals surface area contributed by atoms with Gasteiger partial charge in [-0.25, -0.2) is 0 Å². The molecule has 0 saturated carbocycles. The highest BCUT2D eigenvalue weighted by Gasteiger charge is 1.97. The summed E-state index contributed by atoms with van der Waals surface area (Å²) in [6, 6.07) is 0. The van der Waals surface area contributed by atoms with Crippen LogP contribution in [0.2, 0.25) is 0 Å². The Labute approximate surface area is 83.1 Å². The second-order valence-corrected chi connectivity index (χ2v) is 5.49. The van der Waals surface area contributed by atoms with E-state index in [-0.39, 0.29) is 10.9 Å². The van der Waals surface area contributed by atoms with E-state index >= 15 is 0 Å². The zero-order chi connectivity index (χ0) is 9.40. The highest BCUT2D eigenvalue weighted by Crippen LogP contribution is 2.13. The summed E-state index contributed by atoms with van der Waals surface area (Å²) in [4.78, 5) is 0. The average molecular weight is 210 g/mol. The fourth-order valence-corrected chi connectivity index (χ4v) is 2.14. The molecule has 2 unspecified atom stereocenters. The van der Waals surface area contributed by atoms with Crippen LogP contribution >= 0.6 is 23.5 Å². The van der Waals surface area contributed by atoms with Gasteiger partial charge in [0.25, 0.3) is 0 Å². The highest BCUT2D eigenvalue weighted by molar-refractivity contribution is 8.00. The lowest BCUT2D eigenvalue weighted by Gasteiger charge is -2.04. The molecule has 0 amide bonds. The molecule has 0 saturated heterocycles. The Hall–Kier alpha value is 0.620. The first-order valence-electron chi connectivity index (χ1n) is 4.22. The van der Waals surface area contributed by atoms with Crippen molar-refractivity contribution in [2.24, 2.45) is 0 Å². The van der Waals surface area contributed by atoms with Crippen molar-refractivity contribution in [3.8, 4) is 0 Å². The number of hydrogen-bond donors (Lipinski definition) is 2. The van der Waals surface area contributed by atoms with Gasteiger partial charge in [-0.05, 0) is 38.2 Å². The van der Waals surface area contributed by atoms with Crippen molar-refractivity contribution in [2.45, 2.75) is 37.6 Å². The first-order valence-corrected chi connectivity index (χ1v) is 6.32. The third kappa shape index (κ3) is 10.6. The summed E-state index contributed by atoms with van der Waals surface area (Å²) in [6.07, 6.45) is 2.24. The second kappa shape index (κ2) is 8.23. The van der Waals surface area contributed by atoms with Gasteiger partial charge in [0.05, 0.1) is 10.9 Å². The quantitative estimate of drug-likeness (QED) is 0.497. The Morgan fingerprint density at radius 1 is 0.917 bits per heavy atom. The van der Waals surface area contributed by atoms with E-state index in [0.29, 0.717) is 0 Å². The molecular weight excluding hydrogens is 192 g/mol. The number of thioether (sulfide) groups is 2. The molecule has 0 rings (SSSR count). The molecule has 0 aromatic heterocycles. The molecule has 0 aromatic rings. The van der Waals surface area contributed by atoms with Crippen molar-refractivity contribution in [2.75, 3.05) is 11.5 Å². The minimum absolute atomic E-state index is 0.241. The summed E-state index contributed by atoms with van der Waals surface area (Å²) in [6.45, 7) is 3.57. The zero-order valence-corrected chi connectivity index (χ0v) is 9.33. The summed E-state index contributed by atoms with van der Waals surface area (Å²) in [5, 5.41) is 17.8. The van der Waals surface area contributed by atoms with Crippen molar-refractivity contribution >= 4 is 23.5 Å². The minimum atomic E-state index is -0.241. The van der Waals surface area contributed by atoms with E-state index in [1.807, 2.05) is 0 Å². The Bertz CT molecular complexity index is 85.1. The molecule has 0 spiro atoms. The summed E-state index contributed by atoms with van der Waals surface area (Å²) in [7, 11) is 0. The van der Waals surface area contributed by atoms with E-state index in [2.05, 4.69) is 0 Å². The molecule has 4 heteroatoms. The van der Waals surface area contributed by atoms with Crippen LogP contribution in [0.15, 0.2) is 0 Å². The summed E-state index contributed by atoms with van der Waals surface area (Å²) in [5.41, 5.74) is -0.483. The van der Waals surface area contributed by atoms with Gasteiger partial charge in [0, 0.05) is 0 Å². The van der Waals surface area contributed by atoms with Crippen LogP contribution in [-0.2, 0) is 0 Å². The van der Waals surface area contributed by atoms with Crippen LogP contribution in [0.5, 0.6) is 0 Å². The Kier molecular flexibility index (Phi) is 8.65. The maximum atomic E-state index is 8.91. The average Bonchev–Trinajstić information content (AvgIpc) is 1.95. The van der Waals surface area contributed by atoms with Crippen LogP contribution in [0.4, 0.5) is 0 Å². The molecule has 0 aliphatic carbocycles. The molecule has 2 atom stereocenters. The molecule has 2 N–H and O–H groups in total. The normalized spacial score (nSPS) is 16.0. The Morgan fingerprint density at radius 2 is 1.25 bits per heavy atom. The third-order valence-electron chi connectivity index (χ3n) is 1.26. The first kappa shape index (κ1) is 12.6.